The number of amides is 1. The molecule has 0 aliphatic carbocycles. The molecule has 150 valence electrons. The molecule has 1 aliphatic heterocycles. The fourth-order valence-corrected chi connectivity index (χ4v) is 5.13. The molecule has 2 aromatic rings. The third-order valence-corrected chi connectivity index (χ3v) is 6.92. The van der Waals surface area contributed by atoms with Gasteiger partial charge < -0.3 is 5.32 Å². The third kappa shape index (κ3) is 4.68. The van der Waals surface area contributed by atoms with Gasteiger partial charge in [-0.05, 0) is 61.4 Å². The van der Waals surface area contributed by atoms with Crippen LogP contribution in [0, 0.1) is 5.82 Å². The number of anilines is 1. The summed E-state index contributed by atoms with van der Waals surface area (Å²) in [6, 6.07) is 9.41. The fourth-order valence-electron chi connectivity index (χ4n) is 2.98. The quantitative estimate of drug-likeness (QED) is 0.706. The van der Waals surface area contributed by atoms with E-state index in [0.29, 0.717) is 35.2 Å². The second-order valence-corrected chi connectivity index (χ2v) is 9.07. The van der Waals surface area contributed by atoms with E-state index in [-0.39, 0.29) is 11.4 Å². The molecule has 2 aromatic carbocycles. The zero-order chi connectivity index (χ0) is 20.3. The lowest BCUT2D eigenvalue weighted by atomic mass is 10.2. The van der Waals surface area contributed by atoms with Crippen LogP contribution in [0.25, 0.3) is 0 Å². The largest absolute Gasteiger partial charge is 0.325 e. The SMILES string of the molecule is O=C(Nc1ccc(SC(F)F)cc1)C1CCCN1S(=O)(=O)c1ccc(F)cc1. The van der Waals surface area contributed by atoms with Crippen molar-refractivity contribution in [2.75, 3.05) is 11.9 Å². The second kappa shape index (κ2) is 8.54. The van der Waals surface area contributed by atoms with Crippen molar-refractivity contribution in [3.05, 3.63) is 54.3 Å². The molecular formula is C18H17F3N2O3S2. The lowest BCUT2D eigenvalue weighted by molar-refractivity contribution is -0.119. The smallest absolute Gasteiger partial charge is 0.288 e. The minimum atomic E-state index is -3.94. The van der Waals surface area contributed by atoms with E-state index in [9.17, 15) is 26.4 Å². The molecule has 0 saturated carbocycles. The standard InChI is InChI=1S/C18H17F3N2O3S2/c19-12-3-9-15(10-4-12)28(25,26)23-11-1-2-16(23)17(24)22-13-5-7-14(8-6-13)27-18(20)21/h3-10,16,18H,1-2,11H2,(H,22,24). The molecule has 1 heterocycles. The highest BCUT2D eigenvalue weighted by molar-refractivity contribution is 7.99. The number of carbonyl (C=O) groups excluding carboxylic acids is 1. The summed E-state index contributed by atoms with van der Waals surface area (Å²) in [5.74, 6) is -3.59. The predicted molar refractivity (Wildman–Crippen MR) is 100 cm³/mol. The van der Waals surface area contributed by atoms with Crippen LogP contribution in [0.1, 0.15) is 12.8 Å². The molecule has 0 aromatic heterocycles. The van der Waals surface area contributed by atoms with Crippen LogP contribution in [-0.4, -0.2) is 37.0 Å². The maximum atomic E-state index is 13.1. The molecule has 1 unspecified atom stereocenters. The number of benzene rings is 2. The maximum Gasteiger partial charge on any atom is 0.288 e. The molecule has 1 amide bonds. The number of nitrogens with one attached hydrogen (secondary N) is 1. The highest BCUT2D eigenvalue weighted by atomic mass is 32.2. The molecule has 1 N–H and O–H groups in total. The van der Waals surface area contributed by atoms with Crippen LogP contribution < -0.4 is 5.32 Å². The molecule has 3 rings (SSSR count). The van der Waals surface area contributed by atoms with Crippen molar-refractivity contribution in [1.29, 1.82) is 0 Å². The first kappa shape index (κ1) is 20.7. The van der Waals surface area contributed by atoms with Gasteiger partial charge in [0.05, 0.1) is 4.90 Å². The van der Waals surface area contributed by atoms with Gasteiger partial charge in [0.15, 0.2) is 0 Å². The van der Waals surface area contributed by atoms with Crippen LogP contribution in [-0.2, 0) is 14.8 Å². The number of sulfonamides is 1. The summed E-state index contributed by atoms with van der Waals surface area (Å²) >= 11 is 0.393. The Bertz CT molecular complexity index is 936. The first-order valence-corrected chi connectivity index (χ1v) is 10.7. The lowest BCUT2D eigenvalue weighted by Gasteiger charge is -2.23. The minimum absolute atomic E-state index is 0.0815. The summed E-state index contributed by atoms with van der Waals surface area (Å²) in [7, 11) is -3.94. The Morgan fingerprint density at radius 1 is 1.11 bits per heavy atom. The van der Waals surface area contributed by atoms with Crippen molar-refractivity contribution < 1.29 is 26.4 Å². The van der Waals surface area contributed by atoms with Crippen molar-refractivity contribution in [2.45, 2.75) is 34.4 Å². The topological polar surface area (TPSA) is 66.5 Å². The van der Waals surface area contributed by atoms with Gasteiger partial charge in [-0.1, -0.05) is 11.8 Å². The van der Waals surface area contributed by atoms with E-state index in [4.69, 9.17) is 0 Å². The third-order valence-electron chi connectivity index (χ3n) is 4.27. The molecule has 1 aliphatic rings. The van der Waals surface area contributed by atoms with Crippen molar-refractivity contribution in [2.24, 2.45) is 0 Å². The summed E-state index contributed by atoms with van der Waals surface area (Å²) in [6.07, 6.45) is 0.869. The average molecular weight is 430 g/mol. The van der Waals surface area contributed by atoms with E-state index >= 15 is 0 Å². The normalized spacial score (nSPS) is 17.8. The zero-order valence-electron chi connectivity index (χ0n) is 14.5. The highest BCUT2D eigenvalue weighted by Crippen LogP contribution is 2.29. The summed E-state index contributed by atoms with van der Waals surface area (Å²) in [4.78, 5) is 12.9. The average Bonchev–Trinajstić information content (AvgIpc) is 3.14. The van der Waals surface area contributed by atoms with E-state index < -0.39 is 33.5 Å². The summed E-state index contributed by atoms with van der Waals surface area (Å²) in [5.41, 5.74) is 0.384. The van der Waals surface area contributed by atoms with Gasteiger partial charge in [0.1, 0.15) is 11.9 Å². The van der Waals surface area contributed by atoms with Crippen LogP contribution in [0.15, 0.2) is 58.3 Å². The van der Waals surface area contributed by atoms with E-state index in [2.05, 4.69) is 5.32 Å². The van der Waals surface area contributed by atoms with Gasteiger partial charge in [-0.2, -0.15) is 13.1 Å². The first-order valence-electron chi connectivity index (χ1n) is 8.40. The number of alkyl halides is 2. The fraction of sp³-hybridized carbons (Fsp3) is 0.278. The van der Waals surface area contributed by atoms with Gasteiger partial charge in [-0.3, -0.25) is 4.79 Å². The Morgan fingerprint density at radius 2 is 1.75 bits per heavy atom. The second-order valence-electron chi connectivity index (χ2n) is 6.12. The Hall–Kier alpha value is -2.04. The zero-order valence-corrected chi connectivity index (χ0v) is 16.2. The maximum absolute atomic E-state index is 13.1. The first-order chi connectivity index (χ1) is 13.3. The van der Waals surface area contributed by atoms with E-state index in [1.807, 2.05) is 0 Å². The molecule has 0 spiro atoms. The number of carbonyl (C=O) groups is 1. The molecule has 10 heteroatoms. The van der Waals surface area contributed by atoms with Crippen molar-refractivity contribution in [3.8, 4) is 0 Å². The molecule has 0 bridgehead atoms. The number of nitrogens with zero attached hydrogens (tertiary/aromatic N) is 1. The number of thioether (sulfide) groups is 1. The molecule has 1 saturated heterocycles. The Labute approximate surface area is 165 Å². The molecule has 1 atom stereocenters. The van der Waals surface area contributed by atoms with Gasteiger partial charge in [0, 0.05) is 17.1 Å². The number of rotatable bonds is 6. The van der Waals surface area contributed by atoms with Gasteiger partial charge in [0.25, 0.3) is 5.76 Å². The Kier molecular flexibility index (Phi) is 6.31. The molecule has 0 radical (unpaired) electrons. The number of halogens is 3. The van der Waals surface area contributed by atoms with Crippen LogP contribution in [0.4, 0.5) is 18.9 Å². The van der Waals surface area contributed by atoms with Crippen molar-refractivity contribution >= 4 is 33.4 Å². The van der Waals surface area contributed by atoms with E-state index in [1.54, 1.807) is 0 Å². The Morgan fingerprint density at radius 3 is 2.36 bits per heavy atom. The highest BCUT2D eigenvalue weighted by Gasteiger charge is 2.39. The molecule has 28 heavy (non-hydrogen) atoms. The van der Waals surface area contributed by atoms with Crippen LogP contribution in [0.3, 0.4) is 0 Å². The van der Waals surface area contributed by atoms with E-state index in [0.717, 1.165) is 28.6 Å². The summed E-state index contributed by atoms with van der Waals surface area (Å²) in [6.45, 7) is 0.182. The van der Waals surface area contributed by atoms with Gasteiger partial charge in [-0.15, -0.1) is 0 Å². The van der Waals surface area contributed by atoms with Gasteiger partial charge in [0.2, 0.25) is 15.9 Å². The van der Waals surface area contributed by atoms with Crippen molar-refractivity contribution in [1.82, 2.24) is 4.31 Å². The van der Waals surface area contributed by atoms with Crippen LogP contribution in [0.2, 0.25) is 0 Å². The molecule has 5 nitrogen and oxygen atoms in total. The summed E-state index contributed by atoms with van der Waals surface area (Å²) in [5, 5.41) is 2.63. The molecular weight excluding hydrogens is 413 g/mol. The van der Waals surface area contributed by atoms with Crippen LogP contribution >= 0.6 is 11.8 Å². The van der Waals surface area contributed by atoms with Crippen molar-refractivity contribution in [3.63, 3.8) is 0 Å². The Balaban J connectivity index is 1.73. The number of hydrogen-bond donors (Lipinski definition) is 1. The molecule has 1 fully saturated rings. The van der Waals surface area contributed by atoms with Gasteiger partial charge in [-0.25, -0.2) is 12.8 Å². The van der Waals surface area contributed by atoms with Gasteiger partial charge >= 0.3 is 0 Å². The van der Waals surface area contributed by atoms with E-state index in [1.165, 1.54) is 24.3 Å². The van der Waals surface area contributed by atoms with Crippen LogP contribution in [0.5, 0.6) is 0 Å². The predicted octanol–water partition coefficient (Wildman–Crippen LogP) is 3.93. The summed E-state index contributed by atoms with van der Waals surface area (Å²) < 4.78 is 64.5. The number of hydrogen-bond acceptors (Lipinski definition) is 4. The minimum Gasteiger partial charge on any atom is -0.325 e. The monoisotopic (exact) mass is 430 g/mol. The lowest BCUT2D eigenvalue weighted by Crippen LogP contribution is -2.43.